The van der Waals surface area contributed by atoms with Crippen LogP contribution in [0.25, 0.3) is 22.4 Å². The third-order valence-electron chi connectivity index (χ3n) is 4.13. The molecule has 0 bridgehead atoms. The van der Waals surface area contributed by atoms with Gasteiger partial charge in [-0.1, -0.05) is 60.7 Å². The van der Waals surface area contributed by atoms with E-state index in [-0.39, 0.29) is 0 Å². The molecular formula is C23H18N2. The van der Waals surface area contributed by atoms with E-state index in [1.807, 2.05) is 30.5 Å². The Morgan fingerprint density at radius 2 is 1.04 bits per heavy atom. The molecule has 0 saturated heterocycles. The number of benzene rings is 3. The molecule has 3 aromatic carbocycles. The van der Waals surface area contributed by atoms with E-state index in [2.05, 4.69) is 83.1 Å². The highest BCUT2D eigenvalue weighted by atomic mass is 14.9. The molecule has 2 nitrogen and oxygen atoms in total. The molecule has 0 aliphatic rings. The summed E-state index contributed by atoms with van der Waals surface area (Å²) in [5.74, 6) is 0. The Labute approximate surface area is 147 Å². The first-order chi connectivity index (χ1) is 12.4. The fraction of sp³-hybridized carbons (Fsp3) is 0. The van der Waals surface area contributed by atoms with Crippen LogP contribution in [0.1, 0.15) is 0 Å². The normalized spacial score (nSPS) is 10.4. The minimum Gasteiger partial charge on any atom is -0.356 e. The van der Waals surface area contributed by atoms with Crippen molar-refractivity contribution in [2.24, 2.45) is 0 Å². The van der Waals surface area contributed by atoms with Crippen LogP contribution in [-0.4, -0.2) is 4.98 Å². The largest absolute Gasteiger partial charge is 0.356 e. The lowest BCUT2D eigenvalue weighted by Gasteiger charge is -2.09. The first-order valence-electron chi connectivity index (χ1n) is 8.32. The smallest absolute Gasteiger partial charge is 0.0701 e. The molecule has 4 aromatic rings. The summed E-state index contributed by atoms with van der Waals surface area (Å²) in [6.07, 6.45) is 1.82. The van der Waals surface area contributed by atoms with E-state index >= 15 is 0 Å². The number of pyridine rings is 1. The maximum absolute atomic E-state index is 4.38. The standard InChI is InChI=1S/C23H18N2/c1-2-6-18(7-3-1)19-9-13-21(14-10-19)25-22-15-11-20(12-16-22)23-8-4-5-17-24-23/h1-17,25H. The van der Waals surface area contributed by atoms with Crippen molar-refractivity contribution in [3.63, 3.8) is 0 Å². The van der Waals surface area contributed by atoms with Gasteiger partial charge in [0.05, 0.1) is 5.69 Å². The number of hydrogen-bond acceptors (Lipinski definition) is 2. The van der Waals surface area contributed by atoms with E-state index < -0.39 is 0 Å². The molecule has 0 spiro atoms. The first kappa shape index (κ1) is 15.2. The fourth-order valence-electron chi connectivity index (χ4n) is 2.80. The average Bonchev–Trinajstić information content (AvgIpc) is 2.71. The molecule has 0 aliphatic heterocycles. The van der Waals surface area contributed by atoms with Gasteiger partial charge in [0.2, 0.25) is 0 Å². The van der Waals surface area contributed by atoms with Crippen LogP contribution in [0, 0.1) is 0 Å². The van der Waals surface area contributed by atoms with Gasteiger partial charge in [-0.25, -0.2) is 0 Å². The Morgan fingerprint density at radius 3 is 1.64 bits per heavy atom. The van der Waals surface area contributed by atoms with E-state index in [0.717, 1.165) is 22.6 Å². The molecule has 4 rings (SSSR count). The lowest BCUT2D eigenvalue weighted by molar-refractivity contribution is 1.33. The van der Waals surface area contributed by atoms with Gasteiger partial charge < -0.3 is 5.32 Å². The molecular weight excluding hydrogens is 304 g/mol. The van der Waals surface area contributed by atoms with E-state index in [1.54, 1.807) is 0 Å². The molecule has 1 N–H and O–H groups in total. The number of hydrogen-bond donors (Lipinski definition) is 1. The second-order valence-electron chi connectivity index (χ2n) is 5.86. The van der Waals surface area contributed by atoms with Crippen molar-refractivity contribution in [3.05, 3.63) is 103 Å². The second kappa shape index (κ2) is 7.02. The van der Waals surface area contributed by atoms with Crippen molar-refractivity contribution in [3.8, 4) is 22.4 Å². The summed E-state index contributed by atoms with van der Waals surface area (Å²) in [6.45, 7) is 0. The van der Waals surface area contributed by atoms with Gasteiger partial charge in [-0.05, 0) is 47.5 Å². The zero-order valence-electron chi connectivity index (χ0n) is 13.8. The minimum atomic E-state index is 0.987. The third-order valence-corrected chi connectivity index (χ3v) is 4.13. The maximum atomic E-state index is 4.38. The Hall–Kier alpha value is -3.39. The lowest BCUT2D eigenvalue weighted by atomic mass is 10.1. The summed E-state index contributed by atoms with van der Waals surface area (Å²) in [5, 5.41) is 3.44. The van der Waals surface area contributed by atoms with Crippen LogP contribution in [0.5, 0.6) is 0 Å². The molecule has 25 heavy (non-hydrogen) atoms. The summed E-state index contributed by atoms with van der Waals surface area (Å²) < 4.78 is 0. The van der Waals surface area contributed by atoms with Gasteiger partial charge in [-0.3, -0.25) is 4.98 Å². The molecule has 0 aliphatic carbocycles. The Kier molecular flexibility index (Phi) is 4.25. The van der Waals surface area contributed by atoms with Crippen LogP contribution < -0.4 is 5.32 Å². The second-order valence-corrected chi connectivity index (χ2v) is 5.86. The molecule has 0 fully saturated rings. The Morgan fingerprint density at radius 1 is 0.480 bits per heavy atom. The highest BCUT2D eigenvalue weighted by Crippen LogP contribution is 2.24. The third kappa shape index (κ3) is 3.59. The topological polar surface area (TPSA) is 24.9 Å². The summed E-state index contributed by atoms with van der Waals surface area (Å²) in [5.41, 5.74) is 6.69. The van der Waals surface area contributed by atoms with E-state index in [1.165, 1.54) is 11.1 Å². The van der Waals surface area contributed by atoms with Crippen LogP contribution in [0.2, 0.25) is 0 Å². The lowest BCUT2D eigenvalue weighted by Crippen LogP contribution is -1.90. The number of nitrogens with one attached hydrogen (secondary N) is 1. The van der Waals surface area contributed by atoms with Crippen molar-refractivity contribution >= 4 is 11.4 Å². The molecule has 1 heterocycles. The van der Waals surface area contributed by atoms with Gasteiger partial charge in [-0.15, -0.1) is 0 Å². The van der Waals surface area contributed by atoms with Crippen LogP contribution in [-0.2, 0) is 0 Å². The summed E-state index contributed by atoms with van der Waals surface area (Å²) in [7, 11) is 0. The predicted molar refractivity (Wildman–Crippen MR) is 105 cm³/mol. The minimum absolute atomic E-state index is 0.987. The average molecular weight is 322 g/mol. The SMILES string of the molecule is c1ccc(-c2ccc(Nc3ccc(-c4ccccn4)cc3)cc2)cc1. The zero-order chi connectivity index (χ0) is 16.9. The molecule has 1 aromatic heterocycles. The quantitative estimate of drug-likeness (QED) is 0.487. The highest BCUT2D eigenvalue weighted by Gasteiger charge is 2.00. The summed E-state index contributed by atoms with van der Waals surface area (Å²) in [6, 6.07) is 33.2. The van der Waals surface area contributed by atoms with Crippen molar-refractivity contribution in [2.75, 3.05) is 5.32 Å². The molecule has 120 valence electrons. The summed E-state index contributed by atoms with van der Waals surface area (Å²) in [4.78, 5) is 4.38. The van der Waals surface area contributed by atoms with E-state index in [4.69, 9.17) is 0 Å². The van der Waals surface area contributed by atoms with Crippen LogP contribution >= 0.6 is 0 Å². The van der Waals surface area contributed by atoms with Crippen molar-refractivity contribution < 1.29 is 0 Å². The molecule has 0 amide bonds. The molecule has 0 atom stereocenters. The molecule has 0 saturated carbocycles. The van der Waals surface area contributed by atoms with Crippen molar-refractivity contribution in [1.82, 2.24) is 4.98 Å². The maximum Gasteiger partial charge on any atom is 0.0701 e. The van der Waals surface area contributed by atoms with Crippen LogP contribution in [0.3, 0.4) is 0 Å². The van der Waals surface area contributed by atoms with Crippen LogP contribution in [0.4, 0.5) is 11.4 Å². The van der Waals surface area contributed by atoms with Crippen molar-refractivity contribution in [2.45, 2.75) is 0 Å². The molecule has 0 unspecified atom stereocenters. The van der Waals surface area contributed by atoms with Gasteiger partial charge in [0.25, 0.3) is 0 Å². The van der Waals surface area contributed by atoms with E-state index in [0.29, 0.717) is 0 Å². The van der Waals surface area contributed by atoms with Gasteiger partial charge >= 0.3 is 0 Å². The number of nitrogens with zero attached hydrogens (tertiary/aromatic N) is 1. The van der Waals surface area contributed by atoms with E-state index in [9.17, 15) is 0 Å². The van der Waals surface area contributed by atoms with Gasteiger partial charge in [0.1, 0.15) is 0 Å². The van der Waals surface area contributed by atoms with Crippen molar-refractivity contribution in [1.29, 1.82) is 0 Å². The first-order valence-corrected chi connectivity index (χ1v) is 8.32. The number of anilines is 2. The fourth-order valence-corrected chi connectivity index (χ4v) is 2.80. The molecule has 2 heteroatoms. The predicted octanol–water partition coefficient (Wildman–Crippen LogP) is 6.16. The summed E-state index contributed by atoms with van der Waals surface area (Å²) >= 11 is 0. The molecule has 0 radical (unpaired) electrons. The monoisotopic (exact) mass is 322 g/mol. The van der Waals surface area contributed by atoms with Gasteiger partial charge in [-0.2, -0.15) is 0 Å². The highest BCUT2D eigenvalue weighted by molar-refractivity contribution is 5.69. The van der Waals surface area contributed by atoms with Gasteiger partial charge in [0, 0.05) is 23.1 Å². The Bertz CT molecular complexity index is 848. The Balaban J connectivity index is 1.49. The zero-order valence-corrected chi connectivity index (χ0v) is 13.8. The number of aromatic nitrogens is 1. The van der Waals surface area contributed by atoms with Crippen LogP contribution in [0.15, 0.2) is 103 Å². The number of rotatable bonds is 4. The van der Waals surface area contributed by atoms with Gasteiger partial charge in [0.15, 0.2) is 0 Å².